The molecule has 3 aliphatic heterocycles. The zero-order valence-electron chi connectivity index (χ0n) is 30.3. The average Bonchev–Trinajstić information content (AvgIpc) is 3.70. The number of carbonyl (C=O) groups excluding carboxylic acids is 5. The van der Waals surface area contributed by atoms with Crippen LogP contribution < -0.4 is 15.4 Å². The second-order valence-electron chi connectivity index (χ2n) is 15.0. The maximum Gasteiger partial charge on any atom is 0.410 e. The molecule has 5 atom stereocenters. The summed E-state index contributed by atoms with van der Waals surface area (Å²) in [5.41, 5.74) is 0.00517. The summed E-state index contributed by atoms with van der Waals surface area (Å²) in [5.74, 6) is -2.86. The van der Waals surface area contributed by atoms with Gasteiger partial charge in [0.25, 0.3) is 15.9 Å². The molecule has 4 heterocycles. The van der Waals surface area contributed by atoms with Crippen molar-refractivity contribution in [3.63, 3.8) is 0 Å². The van der Waals surface area contributed by atoms with Gasteiger partial charge >= 0.3 is 12.2 Å². The number of carbonyl (C=O) groups is 5. The minimum Gasteiger partial charge on any atom is -0.446 e. The maximum atomic E-state index is 14.5. The molecule has 5 aliphatic rings. The van der Waals surface area contributed by atoms with E-state index in [-0.39, 0.29) is 58.6 Å². The number of fused-ring (bicyclic) bond motifs is 3. The number of amides is 5. The van der Waals surface area contributed by atoms with Gasteiger partial charge in [0.05, 0.1) is 17.4 Å². The molecule has 1 aromatic carbocycles. The van der Waals surface area contributed by atoms with Crippen molar-refractivity contribution in [2.24, 2.45) is 5.92 Å². The van der Waals surface area contributed by atoms with Gasteiger partial charge in [-0.2, -0.15) is 0 Å². The molecule has 0 radical (unpaired) electrons. The fourth-order valence-electron chi connectivity index (χ4n) is 8.00. The second kappa shape index (κ2) is 16.7. The van der Waals surface area contributed by atoms with Crippen LogP contribution in [0.15, 0.2) is 41.3 Å². The Hall–Kier alpha value is -3.57. The molecule has 2 saturated carbocycles. The first kappa shape index (κ1) is 40.6. The molecule has 0 bridgehead atoms. The lowest BCUT2D eigenvalue weighted by atomic mass is 10.0. The Balaban J connectivity index is 1.14. The highest BCUT2D eigenvalue weighted by Gasteiger charge is 2.62. The van der Waals surface area contributed by atoms with Gasteiger partial charge in [0.15, 0.2) is 0 Å². The quantitative estimate of drug-likeness (QED) is 0.291. The minimum absolute atomic E-state index is 0.0864. The van der Waals surface area contributed by atoms with Crippen LogP contribution in [0, 0.1) is 5.92 Å². The normalized spacial score (nSPS) is 27.6. The van der Waals surface area contributed by atoms with Crippen molar-refractivity contribution in [3.8, 4) is 0 Å². The monoisotopic (exact) mass is 869 g/mol. The lowest BCUT2D eigenvalue weighted by Crippen LogP contribution is -2.58. The Kier molecular flexibility index (Phi) is 12.1. The maximum absolute atomic E-state index is 14.5. The standard InChI is InChI=1S/C37H42Cl3N5O9S2/c38-26-13-8-9-21-18-44(20-25(21)26)36(50)54-24-15-28-32(46)42-37(34(48)43-56(51,52)29-16-30(39)55-31(29)40)17-22(37)10-4-2-1-3-5-14-27(33(47)45(28)19-24)41-35(49)53-23-11-6-7-12-23/h4,8-10,13,16,22-24,27-28H,1-3,5-7,11-12,14-15,17-20H2,(H,41,49)(H,42,46)(H,43,48)/b10-4-/t22-,24+,27-,28-,37+/m0/s1. The highest BCUT2D eigenvalue weighted by Crippen LogP contribution is 2.46. The van der Waals surface area contributed by atoms with E-state index in [9.17, 15) is 32.4 Å². The van der Waals surface area contributed by atoms with Crippen molar-refractivity contribution in [1.82, 2.24) is 25.2 Å². The number of nitrogens with zero attached hydrogens (tertiary/aromatic N) is 2. The summed E-state index contributed by atoms with van der Waals surface area (Å²) in [6.45, 7) is 0.316. The smallest absolute Gasteiger partial charge is 0.410 e. The molecule has 1 aromatic heterocycles. The topological polar surface area (TPSA) is 181 Å². The zero-order chi connectivity index (χ0) is 39.8. The Morgan fingerprint density at radius 1 is 0.964 bits per heavy atom. The lowest BCUT2D eigenvalue weighted by molar-refractivity contribution is -0.141. The molecular weight excluding hydrogens is 829 g/mol. The molecule has 56 heavy (non-hydrogen) atoms. The largest absolute Gasteiger partial charge is 0.446 e. The first-order valence-electron chi connectivity index (χ1n) is 18.7. The van der Waals surface area contributed by atoms with E-state index in [1.54, 1.807) is 18.2 Å². The van der Waals surface area contributed by atoms with Crippen molar-refractivity contribution < 1.29 is 41.9 Å². The highest BCUT2D eigenvalue weighted by molar-refractivity contribution is 7.90. The average molecular weight is 871 g/mol. The van der Waals surface area contributed by atoms with Crippen LogP contribution in [0.2, 0.25) is 13.7 Å². The highest BCUT2D eigenvalue weighted by atomic mass is 35.5. The van der Waals surface area contributed by atoms with Crippen molar-refractivity contribution in [2.75, 3.05) is 6.54 Å². The van der Waals surface area contributed by atoms with Gasteiger partial charge in [-0.1, -0.05) is 71.9 Å². The van der Waals surface area contributed by atoms with E-state index in [0.29, 0.717) is 17.9 Å². The van der Waals surface area contributed by atoms with Crippen LogP contribution in [-0.2, 0) is 47.0 Å². The summed E-state index contributed by atoms with van der Waals surface area (Å²) < 4.78 is 40.2. The molecular formula is C37H42Cl3N5O9S2. The summed E-state index contributed by atoms with van der Waals surface area (Å²) in [5, 5.41) is 6.05. The molecule has 1 saturated heterocycles. The number of rotatable bonds is 6. The Morgan fingerprint density at radius 3 is 2.46 bits per heavy atom. The third-order valence-corrected chi connectivity index (χ3v) is 14.5. The molecule has 3 fully saturated rings. The van der Waals surface area contributed by atoms with Crippen LogP contribution >= 0.6 is 46.1 Å². The first-order valence-corrected chi connectivity index (χ1v) is 22.2. The molecule has 14 nitrogen and oxygen atoms in total. The van der Waals surface area contributed by atoms with Crippen molar-refractivity contribution in [1.29, 1.82) is 0 Å². The van der Waals surface area contributed by atoms with Crippen molar-refractivity contribution in [2.45, 2.75) is 118 Å². The van der Waals surface area contributed by atoms with Crippen molar-refractivity contribution >= 4 is 86.1 Å². The molecule has 2 aliphatic carbocycles. The second-order valence-corrected chi connectivity index (χ2v) is 19.3. The number of halogens is 3. The number of allylic oxidation sites excluding steroid dienone is 1. The summed E-state index contributed by atoms with van der Waals surface area (Å²) >= 11 is 19.3. The Bertz CT molecular complexity index is 2040. The predicted molar refractivity (Wildman–Crippen MR) is 208 cm³/mol. The summed E-state index contributed by atoms with van der Waals surface area (Å²) in [4.78, 5) is 71.7. The van der Waals surface area contributed by atoms with E-state index >= 15 is 0 Å². The van der Waals surface area contributed by atoms with Gasteiger partial charge in [0.2, 0.25) is 11.8 Å². The molecule has 0 spiro atoms. The number of hydrogen-bond donors (Lipinski definition) is 3. The summed E-state index contributed by atoms with van der Waals surface area (Å²) in [7, 11) is -4.49. The SMILES string of the molecule is O=C(N[C@H]1CCCCC/C=C\[C@H]2C[C@@]2(C(=O)NS(=O)(=O)c2cc(Cl)sc2Cl)NC(=O)[C@@H]2C[C@@H](OC(=O)N3Cc4cccc(Cl)c4C3)CN2C1=O)OC1CCCC1. The zero-order valence-corrected chi connectivity index (χ0v) is 34.2. The van der Waals surface area contributed by atoms with Crippen LogP contribution in [0.4, 0.5) is 9.59 Å². The van der Waals surface area contributed by atoms with E-state index in [1.165, 1.54) is 9.80 Å². The molecule has 302 valence electrons. The van der Waals surface area contributed by atoms with Gasteiger partial charge in [-0.05, 0) is 74.6 Å². The van der Waals surface area contributed by atoms with Gasteiger partial charge in [-0.15, -0.1) is 11.3 Å². The van der Waals surface area contributed by atoms with Crippen LogP contribution in [0.3, 0.4) is 0 Å². The van der Waals surface area contributed by atoms with Crippen molar-refractivity contribution in [3.05, 3.63) is 61.2 Å². The number of benzene rings is 1. The molecule has 5 amide bonds. The van der Waals surface area contributed by atoms with Gasteiger partial charge < -0.3 is 25.0 Å². The van der Waals surface area contributed by atoms with Gasteiger partial charge in [-0.25, -0.2) is 22.7 Å². The van der Waals surface area contributed by atoms with E-state index in [2.05, 4.69) is 15.4 Å². The van der Waals surface area contributed by atoms with E-state index in [4.69, 9.17) is 44.3 Å². The van der Waals surface area contributed by atoms with Gasteiger partial charge in [0, 0.05) is 23.9 Å². The third kappa shape index (κ3) is 8.79. The number of alkyl carbamates (subject to hydrolysis) is 1. The molecule has 7 rings (SSSR count). The summed E-state index contributed by atoms with van der Waals surface area (Å²) in [6, 6.07) is 4.24. The van der Waals surface area contributed by atoms with Crippen LogP contribution in [-0.4, -0.2) is 84.5 Å². The lowest BCUT2D eigenvalue weighted by Gasteiger charge is -2.30. The fraction of sp³-hybridized carbons (Fsp3) is 0.541. The van der Waals surface area contributed by atoms with E-state index in [1.807, 2.05) is 12.1 Å². The number of sulfonamides is 1. The predicted octanol–water partition coefficient (Wildman–Crippen LogP) is 6.07. The first-order chi connectivity index (χ1) is 26.7. The molecule has 3 N–H and O–H groups in total. The molecule has 2 aromatic rings. The van der Waals surface area contributed by atoms with E-state index < -0.39 is 69.6 Å². The number of thiophene rings is 1. The summed E-state index contributed by atoms with van der Waals surface area (Å²) in [6.07, 6.45) is 7.37. The fourth-order valence-corrected chi connectivity index (χ4v) is 11.4. The van der Waals surface area contributed by atoms with Gasteiger partial charge in [0.1, 0.15) is 39.1 Å². The van der Waals surface area contributed by atoms with Gasteiger partial charge in [-0.3, -0.25) is 19.3 Å². The number of nitrogens with one attached hydrogen (secondary N) is 3. The number of ether oxygens (including phenoxy) is 2. The molecule has 19 heteroatoms. The number of hydrogen-bond acceptors (Lipinski definition) is 10. The van der Waals surface area contributed by atoms with Crippen LogP contribution in [0.25, 0.3) is 0 Å². The third-order valence-electron chi connectivity index (χ3n) is 11.1. The van der Waals surface area contributed by atoms with Crippen LogP contribution in [0.5, 0.6) is 0 Å². The minimum atomic E-state index is -4.49. The Morgan fingerprint density at radius 2 is 1.73 bits per heavy atom. The Labute approximate surface area is 343 Å². The van der Waals surface area contributed by atoms with E-state index in [0.717, 1.165) is 67.1 Å². The molecule has 0 unspecified atom stereocenters. The van der Waals surface area contributed by atoms with Crippen LogP contribution in [0.1, 0.15) is 81.8 Å².